The largest absolute Gasteiger partial charge is 0.478 e. The van der Waals surface area contributed by atoms with E-state index in [9.17, 15) is 9.90 Å². The number of nitrogens with zero attached hydrogens (tertiary/aromatic N) is 1. The minimum Gasteiger partial charge on any atom is -0.478 e. The number of aryl methyl sites for hydroxylation is 1. The fourth-order valence-electron chi connectivity index (χ4n) is 3.59. The lowest BCUT2D eigenvalue weighted by Gasteiger charge is -2.37. The maximum absolute atomic E-state index is 11.9. The van der Waals surface area contributed by atoms with Gasteiger partial charge in [0.15, 0.2) is 0 Å². The smallest absolute Gasteiger partial charge is 0.336 e. The van der Waals surface area contributed by atoms with Crippen molar-refractivity contribution in [1.82, 2.24) is 4.98 Å². The Labute approximate surface area is 131 Å². The van der Waals surface area contributed by atoms with Crippen LogP contribution < -0.4 is 0 Å². The van der Waals surface area contributed by atoms with E-state index < -0.39 is 5.97 Å². The van der Waals surface area contributed by atoms with Crippen LogP contribution in [0.3, 0.4) is 0 Å². The molecule has 1 heterocycles. The Kier molecular flexibility index (Phi) is 3.67. The van der Waals surface area contributed by atoms with Crippen LogP contribution in [0.25, 0.3) is 10.9 Å². The van der Waals surface area contributed by atoms with Gasteiger partial charge < -0.3 is 5.11 Å². The van der Waals surface area contributed by atoms with Crippen LogP contribution in [0.1, 0.15) is 55.2 Å². The van der Waals surface area contributed by atoms with Crippen LogP contribution in [-0.2, 0) is 12.8 Å². The molecule has 0 saturated carbocycles. The van der Waals surface area contributed by atoms with Gasteiger partial charge in [0.25, 0.3) is 0 Å². The second-order valence-corrected chi connectivity index (χ2v) is 7.02. The van der Waals surface area contributed by atoms with E-state index in [2.05, 4.69) is 20.8 Å². The molecule has 116 valence electrons. The van der Waals surface area contributed by atoms with Gasteiger partial charge in [-0.2, -0.15) is 0 Å². The Bertz CT molecular complexity index is 734. The number of rotatable bonds is 3. The summed E-state index contributed by atoms with van der Waals surface area (Å²) in [5, 5.41) is 10.5. The fourth-order valence-corrected chi connectivity index (χ4v) is 3.59. The summed E-state index contributed by atoms with van der Waals surface area (Å²) in [5.74, 6) is -0.309. The standard InChI is InChI=1S/C19H23NO2/c1-4-19(2,3)12-9-10-16-14(11-12)17(18(21)22)13-7-5-6-8-15(13)20-16/h5-8,12H,4,9-11H2,1-3H3,(H,21,22)/t12-/m0/s1. The van der Waals surface area contributed by atoms with Crippen molar-refractivity contribution in [3.63, 3.8) is 0 Å². The van der Waals surface area contributed by atoms with E-state index in [4.69, 9.17) is 4.98 Å². The van der Waals surface area contributed by atoms with Crippen molar-refractivity contribution in [2.24, 2.45) is 11.3 Å². The maximum Gasteiger partial charge on any atom is 0.336 e. The van der Waals surface area contributed by atoms with Crippen molar-refractivity contribution in [2.45, 2.75) is 46.5 Å². The van der Waals surface area contributed by atoms with Gasteiger partial charge in [-0.15, -0.1) is 0 Å². The highest BCUT2D eigenvalue weighted by Crippen LogP contribution is 2.41. The summed E-state index contributed by atoms with van der Waals surface area (Å²) in [6.07, 6.45) is 3.92. The van der Waals surface area contributed by atoms with Crippen LogP contribution in [0.4, 0.5) is 0 Å². The van der Waals surface area contributed by atoms with Crippen LogP contribution in [0.5, 0.6) is 0 Å². The quantitative estimate of drug-likeness (QED) is 0.909. The van der Waals surface area contributed by atoms with E-state index in [1.807, 2.05) is 24.3 Å². The maximum atomic E-state index is 11.9. The number of carboxylic acid groups (broad SMARTS) is 1. The molecule has 1 atom stereocenters. The molecule has 0 unspecified atom stereocenters. The number of benzene rings is 1. The van der Waals surface area contributed by atoms with Crippen molar-refractivity contribution < 1.29 is 9.90 Å². The van der Waals surface area contributed by atoms with E-state index >= 15 is 0 Å². The third-order valence-corrected chi connectivity index (χ3v) is 5.49. The summed E-state index contributed by atoms with van der Waals surface area (Å²) in [4.78, 5) is 16.6. The first kappa shape index (κ1) is 15.0. The average Bonchev–Trinajstić information content (AvgIpc) is 2.51. The predicted molar refractivity (Wildman–Crippen MR) is 88.3 cm³/mol. The molecule has 0 saturated heterocycles. The van der Waals surface area contributed by atoms with Crippen molar-refractivity contribution in [3.05, 3.63) is 41.1 Å². The van der Waals surface area contributed by atoms with Crippen molar-refractivity contribution in [1.29, 1.82) is 0 Å². The SMILES string of the molecule is CCC(C)(C)[C@H]1CCc2nc3ccccc3c(C(=O)O)c2C1. The Morgan fingerprint density at radius 1 is 1.36 bits per heavy atom. The van der Waals surface area contributed by atoms with Crippen molar-refractivity contribution in [3.8, 4) is 0 Å². The number of hydrogen-bond acceptors (Lipinski definition) is 2. The molecule has 1 aromatic carbocycles. The Hall–Kier alpha value is -1.90. The second kappa shape index (κ2) is 5.38. The van der Waals surface area contributed by atoms with Gasteiger partial charge in [-0.3, -0.25) is 4.98 Å². The lowest BCUT2D eigenvalue weighted by molar-refractivity contribution is 0.0695. The topological polar surface area (TPSA) is 50.2 Å². The molecule has 3 rings (SSSR count). The lowest BCUT2D eigenvalue weighted by Crippen LogP contribution is -2.30. The molecule has 1 aliphatic carbocycles. The van der Waals surface area contributed by atoms with Gasteiger partial charge >= 0.3 is 5.97 Å². The minimum atomic E-state index is -0.829. The highest BCUT2D eigenvalue weighted by atomic mass is 16.4. The van der Waals surface area contributed by atoms with Gasteiger partial charge in [-0.05, 0) is 42.2 Å². The Balaban J connectivity index is 2.17. The number of pyridine rings is 1. The molecule has 0 bridgehead atoms. The highest BCUT2D eigenvalue weighted by molar-refractivity contribution is 6.04. The third-order valence-electron chi connectivity index (χ3n) is 5.49. The van der Waals surface area contributed by atoms with Crippen LogP contribution in [0.2, 0.25) is 0 Å². The zero-order valence-corrected chi connectivity index (χ0v) is 13.5. The summed E-state index contributed by atoms with van der Waals surface area (Å²) in [6, 6.07) is 7.59. The number of para-hydroxylation sites is 1. The molecule has 3 heteroatoms. The fraction of sp³-hybridized carbons (Fsp3) is 0.474. The molecule has 0 aliphatic heterocycles. The average molecular weight is 297 g/mol. The molecule has 1 aliphatic rings. The summed E-state index contributed by atoms with van der Waals surface area (Å²) in [7, 11) is 0. The minimum absolute atomic E-state index is 0.235. The molecule has 0 amide bonds. The van der Waals surface area contributed by atoms with Gasteiger partial charge in [-0.25, -0.2) is 4.79 Å². The van der Waals surface area contributed by atoms with Gasteiger partial charge in [0.05, 0.1) is 11.1 Å². The zero-order chi connectivity index (χ0) is 15.9. The van der Waals surface area contributed by atoms with E-state index in [0.717, 1.165) is 47.8 Å². The summed E-state index contributed by atoms with van der Waals surface area (Å²) >= 11 is 0. The molecule has 1 N–H and O–H groups in total. The first-order valence-electron chi connectivity index (χ1n) is 8.08. The van der Waals surface area contributed by atoms with E-state index in [1.165, 1.54) is 0 Å². The second-order valence-electron chi connectivity index (χ2n) is 7.02. The number of fused-ring (bicyclic) bond motifs is 2. The zero-order valence-electron chi connectivity index (χ0n) is 13.5. The van der Waals surface area contributed by atoms with Crippen LogP contribution >= 0.6 is 0 Å². The normalized spacial score (nSPS) is 18.2. The number of carbonyl (C=O) groups is 1. The molecule has 0 spiro atoms. The van der Waals surface area contributed by atoms with E-state index in [1.54, 1.807) is 0 Å². The van der Waals surface area contributed by atoms with Gasteiger partial charge in [0.2, 0.25) is 0 Å². The predicted octanol–water partition coefficient (Wildman–Crippen LogP) is 4.47. The molecular weight excluding hydrogens is 274 g/mol. The molecular formula is C19H23NO2. The van der Waals surface area contributed by atoms with Gasteiger partial charge in [-0.1, -0.05) is 45.4 Å². The van der Waals surface area contributed by atoms with Crippen molar-refractivity contribution >= 4 is 16.9 Å². The highest BCUT2D eigenvalue weighted by Gasteiger charge is 2.34. The van der Waals surface area contributed by atoms with Gasteiger partial charge in [0, 0.05) is 11.1 Å². The third kappa shape index (κ3) is 2.39. The molecule has 2 aromatic rings. The molecule has 0 fully saturated rings. The summed E-state index contributed by atoms with van der Waals surface area (Å²) in [6.45, 7) is 6.79. The lowest BCUT2D eigenvalue weighted by atomic mass is 9.68. The first-order chi connectivity index (χ1) is 10.4. The summed E-state index contributed by atoms with van der Waals surface area (Å²) in [5.41, 5.74) is 3.45. The number of aromatic nitrogens is 1. The first-order valence-corrected chi connectivity index (χ1v) is 8.08. The Morgan fingerprint density at radius 2 is 2.09 bits per heavy atom. The van der Waals surface area contributed by atoms with E-state index in [-0.39, 0.29) is 5.41 Å². The number of aromatic carboxylic acids is 1. The number of hydrogen-bond donors (Lipinski definition) is 1. The Morgan fingerprint density at radius 3 is 2.77 bits per heavy atom. The number of carboxylic acids is 1. The molecule has 3 nitrogen and oxygen atoms in total. The van der Waals surface area contributed by atoms with Crippen LogP contribution in [0, 0.1) is 11.3 Å². The van der Waals surface area contributed by atoms with Crippen LogP contribution in [0.15, 0.2) is 24.3 Å². The molecule has 22 heavy (non-hydrogen) atoms. The summed E-state index contributed by atoms with van der Waals surface area (Å²) < 4.78 is 0. The molecule has 0 radical (unpaired) electrons. The monoisotopic (exact) mass is 297 g/mol. The molecule has 1 aromatic heterocycles. The van der Waals surface area contributed by atoms with Crippen LogP contribution in [-0.4, -0.2) is 16.1 Å². The van der Waals surface area contributed by atoms with Gasteiger partial charge in [0.1, 0.15) is 0 Å². The van der Waals surface area contributed by atoms with Crippen molar-refractivity contribution in [2.75, 3.05) is 0 Å². The van der Waals surface area contributed by atoms with E-state index in [0.29, 0.717) is 11.5 Å².